The standard InChI is InChI=1S/C10H18N4O/c1-6(11)4-5-9(15)12-10-7(2)8(3)13-14-10/h6H,4-5,11H2,1-3H3,(H2,12,13,14,15). The molecule has 1 aromatic rings. The van der Waals surface area contributed by atoms with Gasteiger partial charge in [-0.15, -0.1) is 0 Å². The number of carbonyl (C=O) groups excluding carboxylic acids is 1. The van der Waals surface area contributed by atoms with Crippen molar-refractivity contribution >= 4 is 11.7 Å². The molecule has 1 heterocycles. The SMILES string of the molecule is Cc1[nH]nc(NC(=O)CCC(C)N)c1C. The van der Waals surface area contributed by atoms with Gasteiger partial charge in [0.15, 0.2) is 5.82 Å². The van der Waals surface area contributed by atoms with Crippen molar-refractivity contribution in [2.24, 2.45) is 5.73 Å². The van der Waals surface area contributed by atoms with Gasteiger partial charge in [0.05, 0.1) is 0 Å². The van der Waals surface area contributed by atoms with Gasteiger partial charge in [0.2, 0.25) is 5.91 Å². The molecule has 0 radical (unpaired) electrons. The van der Waals surface area contributed by atoms with Crippen molar-refractivity contribution in [1.82, 2.24) is 10.2 Å². The first-order chi connectivity index (χ1) is 7.00. The van der Waals surface area contributed by atoms with Gasteiger partial charge in [0, 0.05) is 23.7 Å². The Hall–Kier alpha value is -1.36. The highest BCUT2D eigenvalue weighted by Crippen LogP contribution is 2.14. The van der Waals surface area contributed by atoms with Crippen molar-refractivity contribution in [3.05, 3.63) is 11.3 Å². The number of nitrogens with two attached hydrogens (primary N) is 1. The Kier molecular flexibility index (Phi) is 3.85. The Labute approximate surface area is 89.4 Å². The Morgan fingerprint density at radius 1 is 1.60 bits per heavy atom. The molecule has 0 aliphatic rings. The van der Waals surface area contributed by atoms with Crippen LogP contribution < -0.4 is 11.1 Å². The van der Waals surface area contributed by atoms with E-state index in [1.165, 1.54) is 0 Å². The number of hydrogen-bond donors (Lipinski definition) is 3. The highest BCUT2D eigenvalue weighted by atomic mass is 16.1. The fourth-order valence-corrected chi connectivity index (χ4v) is 1.16. The molecule has 1 unspecified atom stereocenters. The fourth-order valence-electron chi connectivity index (χ4n) is 1.16. The highest BCUT2D eigenvalue weighted by Gasteiger charge is 2.09. The molecule has 15 heavy (non-hydrogen) atoms. The van der Waals surface area contributed by atoms with Crippen LogP contribution in [0.15, 0.2) is 0 Å². The number of nitrogens with zero attached hydrogens (tertiary/aromatic N) is 1. The maximum absolute atomic E-state index is 11.5. The summed E-state index contributed by atoms with van der Waals surface area (Å²) < 4.78 is 0. The first-order valence-electron chi connectivity index (χ1n) is 5.07. The summed E-state index contributed by atoms with van der Waals surface area (Å²) in [7, 11) is 0. The number of aromatic amines is 1. The van der Waals surface area contributed by atoms with Crippen LogP contribution in [-0.2, 0) is 4.79 Å². The normalized spacial score (nSPS) is 12.5. The second-order valence-electron chi connectivity index (χ2n) is 3.89. The van der Waals surface area contributed by atoms with Crippen LogP contribution in [0.4, 0.5) is 5.82 Å². The van der Waals surface area contributed by atoms with Gasteiger partial charge in [-0.2, -0.15) is 5.10 Å². The third-order valence-electron chi connectivity index (χ3n) is 2.34. The number of aromatic nitrogens is 2. The van der Waals surface area contributed by atoms with E-state index in [-0.39, 0.29) is 11.9 Å². The maximum atomic E-state index is 11.5. The number of H-pyrrole nitrogens is 1. The molecule has 0 aliphatic carbocycles. The fraction of sp³-hybridized carbons (Fsp3) is 0.600. The zero-order valence-corrected chi connectivity index (χ0v) is 9.42. The van der Waals surface area contributed by atoms with Crippen LogP contribution in [0.3, 0.4) is 0 Å². The lowest BCUT2D eigenvalue weighted by atomic mass is 10.2. The summed E-state index contributed by atoms with van der Waals surface area (Å²) >= 11 is 0. The maximum Gasteiger partial charge on any atom is 0.225 e. The average molecular weight is 210 g/mol. The highest BCUT2D eigenvalue weighted by molar-refractivity contribution is 5.90. The summed E-state index contributed by atoms with van der Waals surface area (Å²) in [4.78, 5) is 11.5. The largest absolute Gasteiger partial charge is 0.328 e. The van der Waals surface area contributed by atoms with Gasteiger partial charge in [0.25, 0.3) is 0 Å². The minimum Gasteiger partial charge on any atom is -0.328 e. The minimum absolute atomic E-state index is 0.0399. The average Bonchev–Trinajstić information content (AvgIpc) is 2.47. The molecule has 0 bridgehead atoms. The predicted molar refractivity (Wildman–Crippen MR) is 59.6 cm³/mol. The number of amides is 1. The Bertz CT molecular complexity index is 343. The van der Waals surface area contributed by atoms with E-state index in [0.29, 0.717) is 18.7 Å². The first kappa shape index (κ1) is 11.7. The summed E-state index contributed by atoms with van der Waals surface area (Å²) in [6.07, 6.45) is 1.12. The summed E-state index contributed by atoms with van der Waals surface area (Å²) in [5.74, 6) is 0.573. The van der Waals surface area contributed by atoms with Crippen LogP contribution in [-0.4, -0.2) is 22.1 Å². The van der Waals surface area contributed by atoms with E-state index in [9.17, 15) is 4.79 Å². The molecule has 4 N–H and O–H groups in total. The molecule has 1 atom stereocenters. The second-order valence-corrected chi connectivity index (χ2v) is 3.89. The van der Waals surface area contributed by atoms with Crippen molar-refractivity contribution in [3.8, 4) is 0 Å². The van der Waals surface area contributed by atoms with E-state index in [1.54, 1.807) is 0 Å². The van der Waals surface area contributed by atoms with Crippen molar-refractivity contribution < 1.29 is 4.79 Å². The van der Waals surface area contributed by atoms with Crippen LogP contribution >= 0.6 is 0 Å². The lowest BCUT2D eigenvalue weighted by molar-refractivity contribution is -0.116. The minimum atomic E-state index is -0.0399. The molecule has 5 heteroatoms. The quantitative estimate of drug-likeness (QED) is 0.695. The molecule has 0 aromatic carbocycles. The van der Waals surface area contributed by atoms with Crippen molar-refractivity contribution in [3.63, 3.8) is 0 Å². The summed E-state index contributed by atoms with van der Waals surface area (Å²) in [5, 5.41) is 9.56. The molecule has 0 aliphatic heterocycles. The van der Waals surface area contributed by atoms with Crippen LogP contribution in [0.25, 0.3) is 0 Å². The number of nitrogens with one attached hydrogen (secondary N) is 2. The van der Waals surface area contributed by atoms with Crippen molar-refractivity contribution in [2.75, 3.05) is 5.32 Å². The topological polar surface area (TPSA) is 83.8 Å². The van der Waals surface area contributed by atoms with Gasteiger partial charge in [0.1, 0.15) is 0 Å². The number of aryl methyl sites for hydroxylation is 1. The number of hydrogen-bond acceptors (Lipinski definition) is 3. The second kappa shape index (κ2) is 4.93. The lowest BCUT2D eigenvalue weighted by Gasteiger charge is -2.05. The van der Waals surface area contributed by atoms with E-state index in [1.807, 2.05) is 20.8 Å². The van der Waals surface area contributed by atoms with Gasteiger partial charge in [-0.1, -0.05) is 0 Å². The summed E-state index contributed by atoms with van der Waals surface area (Å²) in [5.41, 5.74) is 7.51. The lowest BCUT2D eigenvalue weighted by Crippen LogP contribution is -2.19. The van der Waals surface area contributed by atoms with E-state index >= 15 is 0 Å². The van der Waals surface area contributed by atoms with Gasteiger partial charge < -0.3 is 11.1 Å². The Morgan fingerprint density at radius 2 is 2.27 bits per heavy atom. The molecule has 0 spiro atoms. The zero-order valence-electron chi connectivity index (χ0n) is 9.42. The molecule has 0 fully saturated rings. The smallest absolute Gasteiger partial charge is 0.225 e. The molecular formula is C10H18N4O. The molecule has 84 valence electrons. The van der Waals surface area contributed by atoms with Crippen LogP contribution in [0.5, 0.6) is 0 Å². The first-order valence-corrected chi connectivity index (χ1v) is 5.07. The number of anilines is 1. The van der Waals surface area contributed by atoms with Crippen molar-refractivity contribution in [2.45, 2.75) is 39.7 Å². The van der Waals surface area contributed by atoms with Gasteiger partial charge in [-0.3, -0.25) is 9.89 Å². The molecule has 1 rings (SSSR count). The summed E-state index contributed by atoms with van der Waals surface area (Å²) in [6, 6.07) is 0.0535. The third kappa shape index (κ3) is 3.36. The number of rotatable bonds is 4. The molecule has 0 saturated carbocycles. The van der Waals surface area contributed by atoms with Gasteiger partial charge in [-0.05, 0) is 27.2 Å². The predicted octanol–water partition coefficient (Wildman–Crippen LogP) is 1.09. The van der Waals surface area contributed by atoms with Gasteiger partial charge in [-0.25, -0.2) is 0 Å². The molecular weight excluding hydrogens is 192 g/mol. The molecule has 1 aromatic heterocycles. The molecule has 1 amide bonds. The Balaban J connectivity index is 2.48. The Morgan fingerprint density at radius 3 is 2.73 bits per heavy atom. The summed E-state index contributed by atoms with van der Waals surface area (Å²) in [6.45, 7) is 5.72. The van der Waals surface area contributed by atoms with Crippen LogP contribution in [0.2, 0.25) is 0 Å². The van der Waals surface area contributed by atoms with Gasteiger partial charge >= 0.3 is 0 Å². The number of carbonyl (C=O) groups is 1. The monoisotopic (exact) mass is 210 g/mol. The van der Waals surface area contributed by atoms with Crippen molar-refractivity contribution in [1.29, 1.82) is 0 Å². The zero-order chi connectivity index (χ0) is 11.4. The third-order valence-corrected chi connectivity index (χ3v) is 2.34. The van der Waals surface area contributed by atoms with E-state index in [4.69, 9.17) is 5.73 Å². The van der Waals surface area contributed by atoms with E-state index in [0.717, 1.165) is 11.3 Å². The van der Waals surface area contributed by atoms with E-state index in [2.05, 4.69) is 15.5 Å². The molecule has 0 saturated heterocycles. The van der Waals surface area contributed by atoms with Crippen LogP contribution in [0.1, 0.15) is 31.0 Å². The molecule has 5 nitrogen and oxygen atoms in total. The van der Waals surface area contributed by atoms with E-state index < -0.39 is 0 Å². The van der Waals surface area contributed by atoms with Crippen LogP contribution in [0, 0.1) is 13.8 Å².